The summed E-state index contributed by atoms with van der Waals surface area (Å²) in [6.45, 7) is 8.01. The first kappa shape index (κ1) is 19.0. The molecular weight excluding hydrogens is 369 g/mol. The smallest absolute Gasteiger partial charge is 0.251 e. The van der Waals surface area contributed by atoms with Gasteiger partial charge in [0.25, 0.3) is 5.95 Å². The zero-order valence-electron chi connectivity index (χ0n) is 16.4. The number of aryl methyl sites for hydroxylation is 2. The van der Waals surface area contributed by atoms with Crippen LogP contribution in [0.25, 0.3) is 5.95 Å². The van der Waals surface area contributed by atoms with E-state index in [1.165, 1.54) is 12.1 Å². The summed E-state index contributed by atoms with van der Waals surface area (Å²) in [5, 5.41) is 7.78. The molecule has 3 aromatic rings. The Hall–Kier alpha value is -3.35. The molecule has 1 atom stereocenters. The maximum atomic E-state index is 13.3. The topological polar surface area (TPSA) is 72.7 Å². The van der Waals surface area contributed by atoms with Crippen molar-refractivity contribution in [3.63, 3.8) is 0 Å². The first-order valence-corrected chi connectivity index (χ1v) is 9.54. The molecule has 1 aromatic carbocycles. The third-order valence-corrected chi connectivity index (χ3v) is 5.05. The summed E-state index contributed by atoms with van der Waals surface area (Å²) in [5.41, 5.74) is 3.93. The van der Waals surface area contributed by atoms with E-state index in [2.05, 4.69) is 27.0 Å². The van der Waals surface area contributed by atoms with Crippen LogP contribution in [-0.4, -0.2) is 32.1 Å². The Bertz CT molecular complexity index is 1070. The first-order valence-electron chi connectivity index (χ1n) is 9.54. The lowest BCUT2D eigenvalue weighted by Crippen LogP contribution is -2.21. The van der Waals surface area contributed by atoms with Gasteiger partial charge in [-0.25, -0.2) is 19.0 Å². The Labute approximate surface area is 168 Å². The molecule has 0 amide bonds. The molecule has 0 bridgehead atoms. The number of nitrogens with zero attached hydrogens (tertiary/aromatic N) is 4. The van der Waals surface area contributed by atoms with Crippen LogP contribution in [0, 0.1) is 19.7 Å². The number of carbonyl (C=O) groups is 1. The number of rotatable bonds is 5. The fraction of sp³-hybridized carbons (Fsp3) is 0.273. The van der Waals surface area contributed by atoms with Crippen molar-refractivity contribution in [2.75, 3.05) is 11.9 Å². The van der Waals surface area contributed by atoms with Gasteiger partial charge in [-0.3, -0.25) is 4.79 Å². The maximum Gasteiger partial charge on any atom is 0.251 e. The van der Waals surface area contributed by atoms with Crippen molar-refractivity contribution in [2.24, 2.45) is 0 Å². The lowest BCUT2D eigenvalue weighted by Gasteiger charge is -2.23. The number of carbonyl (C=O) groups excluding carboxylic acids is 1. The van der Waals surface area contributed by atoms with E-state index in [9.17, 15) is 9.18 Å². The quantitative estimate of drug-likeness (QED) is 0.667. The monoisotopic (exact) mass is 391 g/mol. The normalized spacial score (nSPS) is 15.8. The highest BCUT2D eigenvalue weighted by Crippen LogP contribution is 2.36. The summed E-state index contributed by atoms with van der Waals surface area (Å²) in [6.07, 6.45) is 2.65. The number of ketones is 1. The van der Waals surface area contributed by atoms with Crippen molar-refractivity contribution >= 4 is 11.6 Å². The summed E-state index contributed by atoms with van der Waals surface area (Å²) in [5.74, 6) is 0.622. The molecule has 0 aliphatic heterocycles. The molecule has 0 radical (unpaired) electrons. The van der Waals surface area contributed by atoms with Gasteiger partial charge in [0, 0.05) is 24.4 Å². The summed E-state index contributed by atoms with van der Waals surface area (Å²) in [6, 6.07) is 8.22. The number of Topliss-reactive ketones (excluding diaryl/α,β-unsaturated/α-hetero) is 1. The largest absolute Gasteiger partial charge is 0.365 e. The van der Waals surface area contributed by atoms with Gasteiger partial charge in [-0.05, 0) is 49.9 Å². The van der Waals surface area contributed by atoms with Crippen molar-refractivity contribution < 1.29 is 9.18 Å². The minimum absolute atomic E-state index is 0.00256. The van der Waals surface area contributed by atoms with Crippen LogP contribution in [-0.2, 0) is 6.42 Å². The SMILES string of the molecule is C=CCNc1nn(-c2nc(C)cc(C)n2)c2c1C(=O)CC(c1ccc(F)cc1)C2. The van der Waals surface area contributed by atoms with E-state index in [1.807, 2.05) is 19.9 Å². The van der Waals surface area contributed by atoms with E-state index in [-0.39, 0.29) is 17.5 Å². The highest BCUT2D eigenvalue weighted by atomic mass is 19.1. The van der Waals surface area contributed by atoms with E-state index >= 15 is 0 Å². The van der Waals surface area contributed by atoms with Crippen LogP contribution in [0.4, 0.5) is 10.2 Å². The number of halogens is 1. The lowest BCUT2D eigenvalue weighted by atomic mass is 9.82. The molecule has 0 saturated heterocycles. The Morgan fingerprint density at radius 3 is 2.55 bits per heavy atom. The van der Waals surface area contributed by atoms with Gasteiger partial charge in [-0.15, -0.1) is 11.7 Å². The van der Waals surface area contributed by atoms with Gasteiger partial charge in [0.05, 0.1) is 11.3 Å². The van der Waals surface area contributed by atoms with Crippen LogP contribution in [0.5, 0.6) is 0 Å². The van der Waals surface area contributed by atoms with Crippen LogP contribution in [0.3, 0.4) is 0 Å². The van der Waals surface area contributed by atoms with E-state index in [1.54, 1.807) is 22.9 Å². The van der Waals surface area contributed by atoms with Crippen LogP contribution in [0.15, 0.2) is 43.0 Å². The number of hydrogen-bond donors (Lipinski definition) is 1. The molecule has 2 heterocycles. The van der Waals surface area contributed by atoms with Gasteiger partial charge in [-0.1, -0.05) is 18.2 Å². The molecule has 7 heteroatoms. The van der Waals surface area contributed by atoms with Crippen LogP contribution >= 0.6 is 0 Å². The minimum atomic E-state index is -0.291. The van der Waals surface area contributed by atoms with Gasteiger partial charge in [0.2, 0.25) is 0 Å². The van der Waals surface area contributed by atoms with Gasteiger partial charge in [0.1, 0.15) is 5.82 Å². The highest BCUT2D eigenvalue weighted by Gasteiger charge is 2.34. The van der Waals surface area contributed by atoms with Crippen molar-refractivity contribution in [2.45, 2.75) is 32.6 Å². The summed E-state index contributed by atoms with van der Waals surface area (Å²) >= 11 is 0. The summed E-state index contributed by atoms with van der Waals surface area (Å²) in [7, 11) is 0. The highest BCUT2D eigenvalue weighted by molar-refractivity contribution is 6.03. The molecule has 0 saturated carbocycles. The van der Waals surface area contributed by atoms with E-state index in [4.69, 9.17) is 0 Å². The zero-order chi connectivity index (χ0) is 20.5. The molecule has 0 spiro atoms. The minimum Gasteiger partial charge on any atom is -0.365 e. The van der Waals surface area contributed by atoms with Crippen molar-refractivity contribution in [3.05, 3.63) is 77.0 Å². The molecule has 0 fully saturated rings. The Kier molecular flexibility index (Phi) is 4.96. The zero-order valence-corrected chi connectivity index (χ0v) is 16.4. The predicted molar refractivity (Wildman–Crippen MR) is 109 cm³/mol. The van der Waals surface area contributed by atoms with E-state index in [0.717, 1.165) is 22.6 Å². The molecular formula is C22H22FN5O. The van der Waals surface area contributed by atoms with Crippen LogP contribution in [0.2, 0.25) is 0 Å². The number of hydrogen-bond acceptors (Lipinski definition) is 5. The number of fused-ring (bicyclic) bond motifs is 1. The van der Waals surface area contributed by atoms with E-state index in [0.29, 0.717) is 36.7 Å². The molecule has 1 unspecified atom stereocenters. The number of nitrogens with one attached hydrogen (secondary N) is 1. The molecule has 1 aliphatic carbocycles. The Morgan fingerprint density at radius 1 is 1.21 bits per heavy atom. The molecule has 6 nitrogen and oxygen atoms in total. The second-order valence-corrected chi connectivity index (χ2v) is 7.28. The van der Waals surface area contributed by atoms with E-state index < -0.39 is 0 Å². The second-order valence-electron chi connectivity index (χ2n) is 7.28. The summed E-state index contributed by atoms with van der Waals surface area (Å²) < 4.78 is 15.0. The Morgan fingerprint density at radius 2 is 1.90 bits per heavy atom. The number of benzene rings is 1. The fourth-order valence-electron chi connectivity index (χ4n) is 3.80. The average molecular weight is 391 g/mol. The predicted octanol–water partition coefficient (Wildman–Crippen LogP) is 3.93. The third-order valence-electron chi connectivity index (χ3n) is 5.05. The fourth-order valence-corrected chi connectivity index (χ4v) is 3.80. The molecule has 2 aromatic heterocycles. The summed E-state index contributed by atoms with van der Waals surface area (Å²) in [4.78, 5) is 22.1. The molecule has 4 rings (SSSR count). The number of aromatic nitrogens is 4. The third kappa shape index (κ3) is 3.68. The lowest BCUT2D eigenvalue weighted by molar-refractivity contribution is 0.0964. The van der Waals surface area contributed by atoms with Crippen molar-refractivity contribution in [1.82, 2.24) is 19.7 Å². The molecule has 1 aliphatic rings. The standard InChI is InChI=1S/C22H22FN5O/c1-4-9-24-21-20-18(28(27-21)22-25-13(2)10-14(3)26-22)11-16(12-19(20)29)15-5-7-17(23)8-6-15/h4-8,10,16H,1,9,11-12H2,2-3H3,(H,24,27). The average Bonchev–Trinajstić information content (AvgIpc) is 3.05. The van der Waals surface area contributed by atoms with Gasteiger partial charge in [0.15, 0.2) is 11.6 Å². The second kappa shape index (κ2) is 7.58. The number of anilines is 1. The molecule has 29 heavy (non-hydrogen) atoms. The maximum absolute atomic E-state index is 13.3. The Balaban J connectivity index is 1.82. The van der Waals surface area contributed by atoms with Crippen molar-refractivity contribution in [3.8, 4) is 5.95 Å². The van der Waals surface area contributed by atoms with Crippen molar-refractivity contribution in [1.29, 1.82) is 0 Å². The molecule has 1 N–H and O–H groups in total. The van der Waals surface area contributed by atoms with Gasteiger partial charge < -0.3 is 5.32 Å². The van der Waals surface area contributed by atoms with Crippen LogP contribution in [0.1, 0.15) is 45.3 Å². The van der Waals surface area contributed by atoms with Gasteiger partial charge >= 0.3 is 0 Å². The first-order chi connectivity index (χ1) is 14.0. The molecule has 148 valence electrons. The van der Waals surface area contributed by atoms with Crippen LogP contribution < -0.4 is 5.32 Å². The van der Waals surface area contributed by atoms with Gasteiger partial charge in [-0.2, -0.15) is 0 Å².